The number of carbonyl (C=O) groups excluding carboxylic acids is 1. The van der Waals surface area contributed by atoms with Gasteiger partial charge in [0.2, 0.25) is 5.78 Å². The van der Waals surface area contributed by atoms with Crippen molar-refractivity contribution in [2.75, 3.05) is 0 Å². The molecule has 0 aliphatic carbocycles. The minimum atomic E-state index is -4.73. The molecular weight excluding hydrogens is 412 g/mol. The van der Waals surface area contributed by atoms with Crippen LogP contribution in [0.4, 0.5) is 5.69 Å². The van der Waals surface area contributed by atoms with Crippen LogP contribution in [0.3, 0.4) is 0 Å². The maximum atomic E-state index is 12.7. The summed E-state index contributed by atoms with van der Waals surface area (Å²) in [6, 6.07) is 7.86. The Morgan fingerprint density at radius 1 is 1.18 bits per heavy atom. The van der Waals surface area contributed by atoms with E-state index in [4.69, 9.17) is 5.26 Å². The zero-order chi connectivity index (χ0) is 20.1. The average Bonchev–Trinajstić information content (AvgIpc) is 3.16. The number of aromatic nitrogens is 1. The zero-order valence-corrected chi connectivity index (χ0v) is 15.2. The number of nitrogens with zero attached hydrogens (tertiary/aromatic N) is 1. The van der Waals surface area contributed by atoms with Crippen LogP contribution in [-0.2, 0) is 19.5 Å². The molecule has 2 aromatic carbocycles. The van der Waals surface area contributed by atoms with Crippen LogP contribution in [0.1, 0.15) is 16.1 Å². The summed E-state index contributed by atoms with van der Waals surface area (Å²) in [5, 5.41) is 24.3. The molecule has 1 aliphatic rings. The number of rotatable bonds is 5. The largest absolute Gasteiger partial charge is 0.871 e. The number of ketones is 1. The van der Waals surface area contributed by atoms with Crippen molar-refractivity contribution in [3.8, 4) is 5.75 Å². The van der Waals surface area contributed by atoms with Crippen LogP contribution >= 0.6 is 12.0 Å². The first-order chi connectivity index (χ1) is 13.3. The number of benzene rings is 2. The van der Waals surface area contributed by atoms with Gasteiger partial charge in [0, 0.05) is 10.4 Å². The molecule has 0 amide bonds. The Bertz CT molecular complexity index is 1260. The summed E-state index contributed by atoms with van der Waals surface area (Å²) in [5.41, 5.74) is 0.561. The molecule has 12 heteroatoms. The van der Waals surface area contributed by atoms with Crippen molar-refractivity contribution in [3.05, 3.63) is 47.7 Å². The van der Waals surface area contributed by atoms with Gasteiger partial charge < -0.3 is 14.6 Å². The molecule has 4 rings (SSSR count). The van der Waals surface area contributed by atoms with Crippen molar-refractivity contribution in [2.24, 2.45) is 4.99 Å². The molecule has 144 valence electrons. The highest BCUT2D eigenvalue weighted by Crippen LogP contribution is 2.36. The number of hydrogen-bond donors (Lipinski definition) is 2. The predicted octanol–water partition coefficient (Wildman–Crippen LogP) is 1.89. The lowest BCUT2D eigenvalue weighted by molar-refractivity contribution is -0.432. The van der Waals surface area contributed by atoms with E-state index in [9.17, 15) is 22.9 Å². The number of carbonyl (C=O) groups is 1. The fourth-order valence-electron chi connectivity index (χ4n) is 2.84. The molecule has 0 saturated heterocycles. The van der Waals surface area contributed by atoms with E-state index in [0.717, 1.165) is 12.1 Å². The minimum absolute atomic E-state index is 0.0388. The van der Waals surface area contributed by atoms with Crippen molar-refractivity contribution in [1.82, 2.24) is 4.98 Å². The van der Waals surface area contributed by atoms with Crippen LogP contribution in [0.25, 0.3) is 10.9 Å². The monoisotopic (exact) mass is 420 g/mol. The van der Waals surface area contributed by atoms with E-state index in [0.29, 0.717) is 22.6 Å². The minimum Gasteiger partial charge on any atom is -0.871 e. The Labute approximate surface area is 161 Å². The first kappa shape index (κ1) is 18.6. The summed E-state index contributed by atoms with van der Waals surface area (Å²) in [7, 11) is -4.73. The summed E-state index contributed by atoms with van der Waals surface area (Å²) in [4.78, 5) is 19.5. The third kappa shape index (κ3) is 3.07. The van der Waals surface area contributed by atoms with Gasteiger partial charge in [-0.05, 0) is 41.8 Å². The number of Topliss-reactive ketones (excluding diaryl/α,β-unsaturated/α-hetero) is 1. The van der Waals surface area contributed by atoms with E-state index in [1.54, 1.807) is 6.07 Å². The van der Waals surface area contributed by atoms with Crippen molar-refractivity contribution >= 4 is 50.2 Å². The molecule has 0 saturated carbocycles. The van der Waals surface area contributed by atoms with Gasteiger partial charge in [0.1, 0.15) is 15.8 Å². The number of aromatic amines is 1. The Kier molecular flexibility index (Phi) is 4.45. The number of hydrogen-bond acceptors (Lipinski definition) is 10. The first-order valence-corrected chi connectivity index (χ1v) is 9.66. The molecule has 0 fully saturated rings. The van der Waals surface area contributed by atoms with Gasteiger partial charge in [-0.1, -0.05) is 10.8 Å². The van der Waals surface area contributed by atoms with Crippen molar-refractivity contribution in [1.29, 1.82) is 0 Å². The predicted molar refractivity (Wildman–Crippen MR) is 93.3 cm³/mol. The summed E-state index contributed by atoms with van der Waals surface area (Å²) in [6.07, 6.45) is 0. The summed E-state index contributed by atoms with van der Waals surface area (Å²) in [5.74, 6) is -1.17. The second kappa shape index (κ2) is 6.70. The topological polar surface area (TPSA) is 164 Å². The first-order valence-electron chi connectivity index (χ1n) is 7.51. The average molecular weight is 420 g/mol. The third-order valence-corrected chi connectivity index (χ3v) is 5.48. The van der Waals surface area contributed by atoms with Crippen LogP contribution in [-0.4, -0.2) is 34.7 Å². The normalized spacial score (nSPS) is 13.8. The lowest BCUT2D eigenvalue weighted by Crippen LogP contribution is -2.13. The van der Waals surface area contributed by atoms with E-state index >= 15 is 0 Å². The summed E-state index contributed by atoms with van der Waals surface area (Å²) in [6.45, 7) is 0. The fourth-order valence-corrected chi connectivity index (χ4v) is 3.73. The standard InChI is InChI=1S/C16H10N2O8S2/c19-15-9-5-7(27-26-25-21)1-3-11(9)17-13(15)14-16(20)10-6-8(28(22,23)24)2-4-12(10)18-14/h1-6,18,20-21H,(H,22,23,24)/p-2. The molecule has 3 aromatic rings. The maximum Gasteiger partial charge on any atom is 0.215 e. The van der Waals surface area contributed by atoms with Crippen LogP contribution < -0.4 is 5.11 Å². The number of fused-ring (bicyclic) bond motifs is 2. The highest BCUT2D eigenvalue weighted by Gasteiger charge is 2.28. The van der Waals surface area contributed by atoms with Crippen LogP contribution in [0.15, 0.2) is 51.2 Å². The van der Waals surface area contributed by atoms with Gasteiger partial charge in [-0.3, -0.25) is 4.79 Å². The molecule has 28 heavy (non-hydrogen) atoms. The molecule has 1 aliphatic heterocycles. The van der Waals surface area contributed by atoms with Crippen LogP contribution in [0, 0.1) is 0 Å². The molecule has 0 unspecified atom stereocenters. The lowest BCUT2D eigenvalue weighted by atomic mass is 10.1. The van der Waals surface area contributed by atoms with E-state index < -0.39 is 26.5 Å². The molecule has 0 spiro atoms. The Morgan fingerprint density at radius 3 is 2.68 bits per heavy atom. The number of H-pyrrole nitrogens is 1. The molecular formula is C16H8N2O8S2-2. The molecule has 2 heterocycles. The van der Waals surface area contributed by atoms with Gasteiger partial charge in [0.15, 0.2) is 0 Å². The highest BCUT2D eigenvalue weighted by atomic mass is 32.2. The third-order valence-electron chi connectivity index (χ3n) is 4.07. The summed E-state index contributed by atoms with van der Waals surface area (Å²) >= 11 is 0.665. The van der Waals surface area contributed by atoms with Gasteiger partial charge in [0.05, 0.1) is 33.9 Å². The van der Waals surface area contributed by atoms with Crippen molar-refractivity contribution < 1.29 is 37.5 Å². The molecule has 0 radical (unpaired) electrons. The van der Waals surface area contributed by atoms with E-state index in [2.05, 4.69) is 19.3 Å². The maximum absolute atomic E-state index is 12.7. The Morgan fingerprint density at radius 2 is 1.96 bits per heavy atom. The summed E-state index contributed by atoms with van der Waals surface area (Å²) < 4.78 is 37.8. The second-order valence-corrected chi connectivity index (χ2v) is 7.84. The van der Waals surface area contributed by atoms with Gasteiger partial charge >= 0.3 is 0 Å². The zero-order valence-electron chi connectivity index (χ0n) is 13.5. The van der Waals surface area contributed by atoms with Gasteiger partial charge in [-0.2, -0.15) is 0 Å². The molecule has 10 nitrogen and oxygen atoms in total. The quantitative estimate of drug-likeness (QED) is 0.271. The van der Waals surface area contributed by atoms with Gasteiger partial charge in [-0.25, -0.2) is 18.7 Å². The number of aliphatic imine (C=N–C) groups is 1. The Hall–Kier alpha value is -2.74. The molecule has 0 atom stereocenters. The van der Waals surface area contributed by atoms with Crippen molar-refractivity contribution in [3.63, 3.8) is 0 Å². The smallest absolute Gasteiger partial charge is 0.215 e. The van der Waals surface area contributed by atoms with Crippen LogP contribution in [0.2, 0.25) is 0 Å². The molecule has 1 aromatic heterocycles. The van der Waals surface area contributed by atoms with Gasteiger partial charge in [0.25, 0.3) is 0 Å². The SMILES string of the molecule is O=C1C(c2[nH]c3ccc(S(=O)(=O)[O-])cc3c2[O-])=Nc2ccc(SOOO)cc21. The van der Waals surface area contributed by atoms with E-state index in [-0.39, 0.29) is 27.9 Å². The van der Waals surface area contributed by atoms with Gasteiger partial charge in [-0.15, -0.1) is 4.33 Å². The molecule has 2 N–H and O–H groups in total. The number of nitrogens with one attached hydrogen (secondary N) is 1. The van der Waals surface area contributed by atoms with E-state index in [1.807, 2.05) is 0 Å². The fraction of sp³-hybridized carbons (Fsp3) is 0. The Balaban J connectivity index is 1.76. The molecule has 0 bridgehead atoms. The second-order valence-electron chi connectivity index (χ2n) is 5.69. The lowest BCUT2D eigenvalue weighted by Gasteiger charge is -2.09. The highest BCUT2D eigenvalue weighted by molar-refractivity contribution is 7.94. The van der Waals surface area contributed by atoms with E-state index in [1.165, 1.54) is 18.2 Å². The van der Waals surface area contributed by atoms with Crippen molar-refractivity contribution in [2.45, 2.75) is 9.79 Å². The van der Waals surface area contributed by atoms with Crippen LogP contribution in [0.5, 0.6) is 5.75 Å².